The number of hydrogen-bond donors (Lipinski definition) is 2. The zero-order valence-corrected chi connectivity index (χ0v) is 9.26. The van der Waals surface area contributed by atoms with Crippen molar-refractivity contribution in [2.24, 2.45) is 0 Å². The van der Waals surface area contributed by atoms with E-state index in [4.69, 9.17) is 5.11 Å². The molecule has 0 aliphatic rings. The lowest BCUT2D eigenvalue weighted by Gasteiger charge is -2.11. The van der Waals surface area contributed by atoms with Crippen LogP contribution in [0.25, 0.3) is 0 Å². The summed E-state index contributed by atoms with van der Waals surface area (Å²) in [5.41, 5.74) is 1.26. The molecule has 1 aromatic rings. The van der Waals surface area contributed by atoms with Crippen LogP contribution in [0.1, 0.15) is 31.7 Å². The van der Waals surface area contributed by atoms with Crippen LogP contribution in [0.2, 0.25) is 0 Å². The van der Waals surface area contributed by atoms with Crippen molar-refractivity contribution in [1.82, 2.24) is 0 Å². The summed E-state index contributed by atoms with van der Waals surface area (Å²) in [6.45, 7) is 1.75. The van der Waals surface area contributed by atoms with Gasteiger partial charge >= 0.3 is 0 Å². The van der Waals surface area contributed by atoms with Crippen molar-refractivity contribution < 1.29 is 10.2 Å². The van der Waals surface area contributed by atoms with Crippen LogP contribution in [0.4, 0.5) is 0 Å². The molecule has 84 valence electrons. The van der Waals surface area contributed by atoms with Crippen molar-refractivity contribution >= 4 is 0 Å². The molecule has 1 unspecified atom stereocenters. The minimum absolute atomic E-state index is 0.292. The standard InChI is InChI=1S/C13H20O2/c1-11(14)7-9-13(15)10-8-12-5-3-2-4-6-12/h2-6,11,13-15H,7-10H2,1H3/t11?,13-/m1/s1. The molecular formula is C13H20O2. The van der Waals surface area contributed by atoms with Crippen LogP contribution in [-0.4, -0.2) is 22.4 Å². The van der Waals surface area contributed by atoms with Gasteiger partial charge in [-0.2, -0.15) is 0 Å². The molecule has 0 aliphatic carbocycles. The molecule has 0 bridgehead atoms. The molecular weight excluding hydrogens is 188 g/mol. The lowest BCUT2D eigenvalue weighted by Crippen LogP contribution is -2.11. The zero-order valence-electron chi connectivity index (χ0n) is 9.26. The van der Waals surface area contributed by atoms with Crippen LogP contribution in [0, 0.1) is 0 Å². The topological polar surface area (TPSA) is 40.5 Å². The maximum atomic E-state index is 9.65. The van der Waals surface area contributed by atoms with E-state index in [1.807, 2.05) is 18.2 Å². The van der Waals surface area contributed by atoms with E-state index in [0.717, 1.165) is 12.8 Å². The average Bonchev–Trinajstić information content (AvgIpc) is 2.25. The maximum absolute atomic E-state index is 9.65. The van der Waals surface area contributed by atoms with E-state index < -0.39 is 0 Å². The SMILES string of the molecule is CC(O)CC[C@@H](O)CCc1ccccc1. The molecule has 0 amide bonds. The Bertz CT molecular complexity index is 256. The molecule has 0 radical (unpaired) electrons. The van der Waals surface area contributed by atoms with Gasteiger partial charge in [0.15, 0.2) is 0 Å². The number of aliphatic hydroxyl groups excluding tert-OH is 2. The van der Waals surface area contributed by atoms with Crippen molar-refractivity contribution in [3.63, 3.8) is 0 Å². The zero-order chi connectivity index (χ0) is 11.1. The molecule has 0 fully saturated rings. The predicted molar refractivity (Wildman–Crippen MR) is 61.7 cm³/mol. The molecule has 1 rings (SSSR count). The summed E-state index contributed by atoms with van der Waals surface area (Å²) in [6, 6.07) is 10.2. The number of hydrogen-bond acceptors (Lipinski definition) is 2. The van der Waals surface area contributed by atoms with Crippen molar-refractivity contribution in [2.45, 2.75) is 44.8 Å². The maximum Gasteiger partial charge on any atom is 0.0544 e. The molecule has 0 spiro atoms. The van der Waals surface area contributed by atoms with Gasteiger partial charge in [0.05, 0.1) is 12.2 Å². The van der Waals surface area contributed by atoms with Crippen LogP contribution < -0.4 is 0 Å². The van der Waals surface area contributed by atoms with Crippen LogP contribution >= 0.6 is 0 Å². The molecule has 0 heterocycles. The fourth-order valence-corrected chi connectivity index (χ4v) is 1.56. The third kappa shape index (κ3) is 5.55. The number of aryl methyl sites for hydroxylation is 1. The number of aliphatic hydroxyl groups is 2. The first-order chi connectivity index (χ1) is 7.18. The summed E-state index contributed by atoms with van der Waals surface area (Å²) in [5, 5.41) is 18.7. The highest BCUT2D eigenvalue weighted by Gasteiger charge is 2.06. The van der Waals surface area contributed by atoms with E-state index in [2.05, 4.69) is 12.1 Å². The Labute approximate surface area is 91.6 Å². The van der Waals surface area contributed by atoms with Crippen LogP contribution in [0.3, 0.4) is 0 Å². The van der Waals surface area contributed by atoms with Crippen LogP contribution in [0.5, 0.6) is 0 Å². The minimum Gasteiger partial charge on any atom is -0.393 e. The minimum atomic E-state index is -0.309. The third-order valence-electron chi connectivity index (χ3n) is 2.53. The monoisotopic (exact) mass is 208 g/mol. The van der Waals surface area contributed by atoms with E-state index in [9.17, 15) is 5.11 Å². The van der Waals surface area contributed by atoms with E-state index in [1.165, 1.54) is 5.56 Å². The summed E-state index contributed by atoms with van der Waals surface area (Å²) >= 11 is 0. The average molecular weight is 208 g/mol. The normalized spacial score (nSPS) is 14.9. The highest BCUT2D eigenvalue weighted by atomic mass is 16.3. The Balaban J connectivity index is 2.19. The first-order valence-corrected chi connectivity index (χ1v) is 5.58. The van der Waals surface area contributed by atoms with E-state index in [0.29, 0.717) is 12.8 Å². The largest absolute Gasteiger partial charge is 0.393 e. The lowest BCUT2D eigenvalue weighted by atomic mass is 10.0. The lowest BCUT2D eigenvalue weighted by molar-refractivity contribution is 0.117. The van der Waals surface area contributed by atoms with Crippen LogP contribution in [-0.2, 0) is 6.42 Å². The highest BCUT2D eigenvalue weighted by Crippen LogP contribution is 2.09. The first kappa shape index (κ1) is 12.2. The van der Waals surface area contributed by atoms with Gasteiger partial charge in [-0.25, -0.2) is 0 Å². The van der Waals surface area contributed by atoms with Gasteiger partial charge in [-0.1, -0.05) is 30.3 Å². The van der Waals surface area contributed by atoms with Crippen LogP contribution in [0.15, 0.2) is 30.3 Å². The Kier molecular flexibility index (Phi) is 5.37. The van der Waals surface area contributed by atoms with Gasteiger partial charge in [-0.3, -0.25) is 0 Å². The predicted octanol–water partition coefficient (Wildman–Crippen LogP) is 2.14. The summed E-state index contributed by atoms with van der Waals surface area (Å²) in [5.74, 6) is 0. The molecule has 2 heteroatoms. The van der Waals surface area contributed by atoms with Crippen molar-refractivity contribution in [3.8, 4) is 0 Å². The molecule has 0 saturated heterocycles. The molecule has 0 saturated carbocycles. The van der Waals surface area contributed by atoms with Crippen molar-refractivity contribution in [1.29, 1.82) is 0 Å². The molecule has 15 heavy (non-hydrogen) atoms. The fraction of sp³-hybridized carbons (Fsp3) is 0.538. The van der Waals surface area contributed by atoms with Gasteiger partial charge in [0.25, 0.3) is 0 Å². The van der Waals surface area contributed by atoms with Crippen molar-refractivity contribution in [3.05, 3.63) is 35.9 Å². The summed E-state index contributed by atoms with van der Waals surface area (Å²) in [6.07, 6.45) is 2.44. The molecule has 2 nitrogen and oxygen atoms in total. The Hall–Kier alpha value is -0.860. The first-order valence-electron chi connectivity index (χ1n) is 5.58. The summed E-state index contributed by atoms with van der Waals surface area (Å²) in [4.78, 5) is 0. The molecule has 2 N–H and O–H groups in total. The van der Waals surface area contributed by atoms with E-state index in [-0.39, 0.29) is 12.2 Å². The Morgan fingerprint density at radius 1 is 1.00 bits per heavy atom. The summed E-state index contributed by atoms with van der Waals surface area (Å²) in [7, 11) is 0. The van der Waals surface area contributed by atoms with Gasteiger partial charge < -0.3 is 10.2 Å². The van der Waals surface area contributed by atoms with Gasteiger partial charge in [0.1, 0.15) is 0 Å². The van der Waals surface area contributed by atoms with E-state index in [1.54, 1.807) is 6.92 Å². The fourth-order valence-electron chi connectivity index (χ4n) is 1.56. The third-order valence-corrected chi connectivity index (χ3v) is 2.53. The molecule has 2 atom stereocenters. The second kappa shape index (κ2) is 6.59. The van der Waals surface area contributed by atoms with Gasteiger partial charge in [-0.15, -0.1) is 0 Å². The second-order valence-corrected chi connectivity index (χ2v) is 4.10. The van der Waals surface area contributed by atoms with Crippen molar-refractivity contribution in [2.75, 3.05) is 0 Å². The molecule has 0 aromatic heterocycles. The smallest absolute Gasteiger partial charge is 0.0544 e. The van der Waals surface area contributed by atoms with E-state index >= 15 is 0 Å². The van der Waals surface area contributed by atoms with Gasteiger partial charge in [-0.05, 0) is 38.2 Å². The Morgan fingerprint density at radius 3 is 2.27 bits per heavy atom. The highest BCUT2D eigenvalue weighted by molar-refractivity contribution is 5.14. The molecule has 0 aliphatic heterocycles. The van der Waals surface area contributed by atoms with Gasteiger partial charge in [0, 0.05) is 0 Å². The van der Waals surface area contributed by atoms with Gasteiger partial charge in [0.2, 0.25) is 0 Å². The summed E-state index contributed by atoms with van der Waals surface area (Å²) < 4.78 is 0. The number of rotatable bonds is 6. The molecule has 1 aromatic carbocycles. The quantitative estimate of drug-likeness (QED) is 0.752. The Morgan fingerprint density at radius 2 is 1.67 bits per heavy atom. The second-order valence-electron chi connectivity index (χ2n) is 4.10. The number of benzene rings is 1.